The molecule has 2 rings (SSSR count). The molecule has 80 valence electrons. The van der Waals surface area contributed by atoms with E-state index < -0.39 is 0 Å². The van der Waals surface area contributed by atoms with Crippen molar-refractivity contribution in [1.82, 2.24) is 4.98 Å². The molecule has 0 saturated heterocycles. The van der Waals surface area contributed by atoms with Crippen LogP contribution in [0, 0.1) is 0 Å². The van der Waals surface area contributed by atoms with Crippen LogP contribution in [0.3, 0.4) is 0 Å². The summed E-state index contributed by atoms with van der Waals surface area (Å²) < 4.78 is 4.98. The Morgan fingerprint density at radius 3 is 2.67 bits per heavy atom. The zero-order valence-corrected chi connectivity index (χ0v) is 8.90. The summed E-state index contributed by atoms with van der Waals surface area (Å²) >= 11 is 0. The third kappa shape index (κ3) is 2.35. The number of carbonyl (C=O) groups is 1. The molecule has 0 amide bonds. The first-order valence-electron chi connectivity index (χ1n) is 5.27. The highest BCUT2D eigenvalue weighted by Crippen LogP contribution is 2.50. The van der Waals surface area contributed by atoms with Crippen LogP contribution in [0.25, 0.3) is 0 Å². The molecule has 0 aliphatic heterocycles. The standard InChI is InChI=1S/C12H15NO2/c1-10(14)15-9-6-12(4-5-12)11-2-7-13-8-3-11/h2-3,7-8H,4-6,9H2,1H3. The van der Waals surface area contributed by atoms with Crippen LogP contribution in [0.1, 0.15) is 31.7 Å². The lowest BCUT2D eigenvalue weighted by molar-refractivity contribution is -0.141. The van der Waals surface area contributed by atoms with Crippen LogP contribution in [-0.2, 0) is 14.9 Å². The minimum atomic E-state index is -0.194. The first kappa shape index (κ1) is 10.1. The first-order valence-corrected chi connectivity index (χ1v) is 5.27. The Kier molecular flexibility index (Phi) is 2.71. The Balaban J connectivity index is 1.94. The lowest BCUT2D eigenvalue weighted by atomic mass is 9.94. The predicted octanol–water partition coefficient (Wildman–Crippen LogP) is 2.07. The minimum Gasteiger partial charge on any atom is -0.466 e. The van der Waals surface area contributed by atoms with Crippen molar-refractivity contribution in [1.29, 1.82) is 0 Å². The van der Waals surface area contributed by atoms with Gasteiger partial charge in [0.25, 0.3) is 0 Å². The number of esters is 1. The van der Waals surface area contributed by atoms with Gasteiger partial charge in [0.1, 0.15) is 0 Å². The number of aromatic nitrogens is 1. The van der Waals surface area contributed by atoms with E-state index in [1.54, 1.807) is 0 Å². The molecule has 1 aliphatic carbocycles. The van der Waals surface area contributed by atoms with Crippen molar-refractivity contribution >= 4 is 5.97 Å². The fraction of sp³-hybridized carbons (Fsp3) is 0.500. The van der Waals surface area contributed by atoms with E-state index in [-0.39, 0.29) is 11.4 Å². The van der Waals surface area contributed by atoms with Gasteiger partial charge in [-0.1, -0.05) is 0 Å². The highest BCUT2D eigenvalue weighted by Gasteiger charge is 2.43. The van der Waals surface area contributed by atoms with Gasteiger partial charge in [0.15, 0.2) is 0 Å². The second-order valence-corrected chi connectivity index (χ2v) is 4.11. The molecule has 0 atom stereocenters. The van der Waals surface area contributed by atoms with Crippen molar-refractivity contribution in [2.75, 3.05) is 6.61 Å². The number of carbonyl (C=O) groups excluding carboxylic acids is 1. The second-order valence-electron chi connectivity index (χ2n) is 4.11. The molecule has 1 fully saturated rings. The van der Waals surface area contributed by atoms with Crippen LogP contribution in [0.5, 0.6) is 0 Å². The quantitative estimate of drug-likeness (QED) is 0.706. The smallest absolute Gasteiger partial charge is 0.302 e. The molecule has 1 heterocycles. The van der Waals surface area contributed by atoms with Gasteiger partial charge in [-0.25, -0.2) is 0 Å². The Bertz CT molecular complexity index is 344. The summed E-state index contributed by atoms with van der Waals surface area (Å²) in [4.78, 5) is 14.7. The third-order valence-electron chi connectivity index (χ3n) is 3.03. The lowest BCUT2D eigenvalue weighted by Gasteiger charge is -2.14. The molecule has 0 unspecified atom stereocenters. The maximum Gasteiger partial charge on any atom is 0.302 e. The number of ether oxygens (including phenoxy) is 1. The molecule has 3 nitrogen and oxygen atoms in total. The van der Waals surface area contributed by atoms with Gasteiger partial charge in [-0.3, -0.25) is 9.78 Å². The number of nitrogens with zero attached hydrogens (tertiary/aromatic N) is 1. The molecule has 0 bridgehead atoms. The number of pyridine rings is 1. The van der Waals surface area contributed by atoms with Gasteiger partial charge in [-0.05, 0) is 42.4 Å². The summed E-state index contributed by atoms with van der Waals surface area (Å²) in [6.45, 7) is 1.98. The Hall–Kier alpha value is -1.38. The topological polar surface area (TPSA) is 39.2 Å². The van der Waals surface area contributed by atoms with Gasteiger partial charge in [-0.15, -0.1) is 0 Å². The second kappa shape index (κ2) is 4.01. The summed E-state index contributed by atoms with van der Waals surface area (Å²) in [5.41, 5.74) is 1.59. The Labute approximate surface area is 89.5 Å². The molecule has 1 aliphatic rings. The zero-order chi connectivity index (χ0) is 10.7. The van der Waals surface area contributed by atoms with Crippen LogP contribution in [-0.4, -0.2) is 17.6 Å². The predicted molar refractivity (Wildman–Crippen MR) is 56.4 cm³/mol. The SMILES string of the molecule is CC(=O)OCCC1(c2ccncc2)CC1. The Morgan fingerprint density at radius 2 is 2.13 bits per heavy atom. The van der Waals surface area contributed by atoms with Crippen molar-refractivity contribution < 1.29 is 9.53 Å². The first-order chi connectivity index (χ1) is 7.23. The van der Waals surface area contributed by atoms with Gasteiger partial charge < -0.3 is 4.74 Å². The molecular weight excluding hydrogens is 190 g/mol. The molecule has 0 aromatic carbocycles. The normalized spacial score (nSPS) is 17.1. The van der Waals surface area contributed by atoms with E-state index in [0.717, 1.165) is 6.42 Å². The van der Waals surface area contributed by atoms with E-state index in [4.69, 9.17) is 4.74 Å². The molecule has 0 spiro atoms. The highest BCUT2D eigenvalue weighted by molar-refractivity contribution is 5.65. The zero-order valence-electron chi connectivity index (χ0n) is 8.90. The van der Waals surface area contributed by atoms with Crippen molar-refractivity contribution in [2.24, 2.45) is 0 Å². The third-order valence-corrected chi connectivity index (χ3v) is 3.03. The van der Waals surface area contributed by atoms with Crippen molar-refractivity contribution in [3.8, 4) is 0 Å². The maximum atomic E-state index is 10.7. The highest BCUT2D eigenvalue weighted by atomic mass is 16.5. The summed E-state index contributed by atoms with van der Waals surface area (Å²) in [6.07, 6.45) is 6.95. The molecule has 3 heteroatoms. The van der Waals surface area contributed by atoms with Crippen molar-refractivity contribution in [3.05, 3.63) is 30.1 Å². The summed E-state index contributed by atoms with van der Waals surface area (Å²) in [5, 5.41) is 0. The summed E-state index contributed by atoms with van der Waals surface area (Å²) in [7, 11) is 0. The largest absolute Gasteiger partial charge is 0.466 e. The number of rotatable bonds is 4. The number of hydrogen-bond donors (Lipinski definition) is 0. The van der Waals surface area contributed by atoms with Crippen LogP contribution >= 0.6 is 0 Å². The molecular formula is C12H15NO2. The van der Waals surface area contributed by atoms with Crippen LogP contribution in [0.2, 0.25) is 0 Å². The van der Waals surface area contributed by atoms with E-state index in [9.17, 15) is 4.79 Å². The van der Waals surface area contributed by atoms with Gasteiger partial charge in [0.2, 0.25) is 0 Å². The summed E-state index contributed by atoms with van der Waals surface area (Å²) in [6, 6.07) is 4.11. The van der Waals surface area contributed by atoms with E-state index >= 15 is 0 Å². The van der Waals surface area contributed by atoms with Crippen LogP contribution in [0.4, 0.5) is 0 Å². The van der Waals surface area contributed by atoms with E-state index in [0.29, 0.717) is 6.61 Å². The minimum absolute atomic E-state index is 0.194. The molecule has 0 N–H and O–H groups in total. The van der Waals surface area contributed by atoms with E-state index in [1.807, 2.05) is 12.4 Å². The van der Waals surface area contributed by atoms with Crippen molar-refractivity contribution in [3.63, 3.8) is 0 Å². The lowest BCUT2D eigenvalue weighted by Crippen LogP contribution is -2.12. The Morgan fingerprint density at radius 1 is 1.47 bits per heavy atom. The van der Waals surface area contributed by atoms with Gasteiger partial charge in [0, 0.05) is 19.3 Å². The van der Waals surface area contributed by atoms with Gasteiger partial charge in [0.05, 0.1) is 6.61 Å². The molecule has 0 radical (unpaired) electrons. The number of hydrogen-bond acceptors (Lipinski definition) is 3. The van der Waals surface area contributed by atoms with E-state index in [1.165, 1.54) is 25.3 Å². The van der Waals surface area contributed by atoms with Crippen LogP contribution < -0.4 is 0 Å². The molecule has 1 aromatic rings. The van der Waals surface area contributed by atoms with Gasteiger partial charge in [-0.2, -0.15) is 0 Å². The average molecular weight is 205 g/mol. The molecule has 1 aromatic heterocycles. The van der Waals surface area contributed by atoms with Crippen LogP contribution in [0.15, 0.2) is 24.5 Å². The molecule has 15 heavy (non-hydrogen) atoms. The fourth-order valence-electron chi connectivity index (χ4n) is 1.93. The fourth-order valence-corrected chi connectivity index (χ4v) is 1.93. The average Bonchev–Trinajstić information content (AvgIpc) is 3.00. The monoisotopic (exact) mass is 205 g/mol. The maximum absolute atomic E-state index is 10.7. The van der Waals surface area contributed by atoms with E-state index in [2.05, 4.69) is 17.1 Å². The van der Waals surface area contributed by atoms with Crippen molar-refractivity contribution in [2.45, 2.75) is 31.6 Å². The summed E-state index contributed by atoms with van der Waals surface area (Å²) in [5.74, 6) is -0.194. The molecule has 1 saturated carbocycles. The van der Waals surface area contributed by atoms with Gasteiger partial charge >= 0.3 is 5.97 Å².